The summed E-state index contributed by atoms with van der Waals surface area (Å²) in [7, 11) is 0. The number of nitrogens with zero attached hydrogens (tertiary/aromatic N) is 1. The summed E-state index contributed by atoms with van der Waals surface area (Å²) in [6, 6.07) is 14.3. The molecule has 2 heterocycles. The smallest absolute Gasteiger partial charge is 0.0817 e. The zero-order valence-electron chi connectivity index (χ0n) is 10.0. The molecule has 19 heavy (non-hydrogen) atoms. The van der Waals surface area contributed by atoms with Gasteiger partial charge in [0.2, 0.25) is 0 Å². The molecule has 3 aromatic rings. The Morgan fingerprint density at radius 3 is 2.79 bits per heavy atom. The van der Waals surface area contributed by atoms with Gasteiger partial charge in [-0.05, 0) is 45.8 Å². The second-order valence-corrected chi connectivity index (χ2v) is 6.70. The van der Waals surface area contributed by atoms with E-state index >= 15 is 0 Å². The summed E-state index contributed by atoms with van der Waals surface area (Å²) in [4.78, 5) is 5.64. The van der Waals surface area contributed by atoms with Crippen LogP contribution in [0.5, 0.6) is 0 Å². The van der Waals surface area contributed by atoms with Gasteiger partial charge in [0.15, 0.2) is 0 Å². The Morgan fingerprint density at radius 1 is 1.21 bits per heavy atom. The van der Waals surface area contributed by atoms with Crippen LogP contribution in [0.1, 0.15) is 16.5 Å². The molecule has 1 aromatic carbocycles. The highest BCUT2D eigenvalue weighted by atomic mass is 79.9. The Kier molecular flexibility index (Phi) is 3.61. The lowest BCUT2D eigenvalue weighted by atomic mass is 10.1. The summed E-state index contributed by atoms with van der Waals surface area (Å²) in [5, 5.41) is 1.12. The molecule has 5 heteroatoms. The third kappa shape index (κ3) is 2.55. The van der Waals surface area contributed by atoms with E-state index in [1.54, 1.807) is 11.3 Å². The summed E-state index contributed by atoms with van der Waals surface area (Å²) in [6.07, 6.45) is 1.88. The number of nitrogens with two attached hydrogens (primary N) is 1. The van der Waals surface area contributed by atoms with Crippen molar-refractivity contribution in [1.29, 1.82) is 0 Å². The molecule has 1 unspecified atom stereocenters. The number of halogens is 1. The summed E-state index contributed by atoms with van der Waals surface area (Å²) in [5.74, 6) is 5.70. The monoisotopic (exact) mass is 333 g/mol. The molecule has 0 spiro atoms. The molecule has 2 aromatic heterocycles. The van der Waals surface area contributed by atoms with Crippen molar-refractivity contribution in [1.82, 2.24) is 10.4 Å². The van der Waals surface area contributed by atoms with Crippen molar-refractivity contribution >= 4 is 38.2 Å². The van der Waals surface area contributed by atoms with Gasteiger partial charge in [-0.3, -0.25) is 10.8 Å². The number of benzene rings is 1. The van der Waals surface area contributed by atoms with Crippen LogP contribution in [0.25, 0.3) is 10.9 Å². The normalized spacial score (nSPS) is 12.7. The van der Waals surface area contributed by atoms with Crippen LogP contribution in [-0.2, 0) is 0 Å². The summed E-state index contributed by atoms with van der Waals surface area (Å²) in [6.45, 7) is 0. The molecule has 0 aliphatic heterocycles. The van der Waals surface area contributed by atoms with Crippen LogP contribution >= 0.6 is 27.3 Å². The van der Waals surface area contributed by atoms with Gasteiger partial charge in [-0.1, -0.05) is 18.2 Å². The van der Waals surface area contributed by atoms with Crippen molar-refractivity contribution in [2.24, 2.45) is 5.84 Å². The highest BCUT2D eigenvalue weighted by Crippen LogP contribution is 2.31. The van der Waals surface area contributed by atoms with Gasteiger partial charge >= 0.3 is 0 Å². The van der Waals surface area contributed by atoms with E-state index in [2.05, 4.69) is 44.5 Å². The first kappa shape index (κ1) is 12.7. The molecule has 1 atom stereocenters. The molecule has 0 fully saturated rings. The van der Waals surface area contributed by atoms with Gasteiger partial charge < -0.3 is 0 Å². The molecular formula is C14H12BrN3S. The van der Waals surface area contributed by atoms with Gasteiger partial charge in [0.05, 0.1) is 15.3 Å². The molecule has 0 aliphatic rings. The average molecular weight is 334 g/mol. The molecule has 0 saturated carbocycles. The van der Waals surface area contributed by atoms with Crippen LogP contribution in [-0.4, -0.2) is 4.98 Å². The number of aromatic nitrogens is 1. The number of hydrazine groups is 1. The molecule has 0 bridgehead atoms. The van der Waals surface area contributed by atoms with Gasteiger partial charge in [0.25, 0.3) is 0 Å². The number of pyridine rings is 1. The van der Waals surface area contributed by atoms with E-state index in [0.717, 1.165) is 25.1 Å². The van der Waals surface area contributed by atoms with Crippen LogP contribution in [0.4, 0.5) is 0 Å². The lowest BCUT2D eigenvalue weighted by Gasteiger charge is -2.14. The average Bonchev–Trinajstić information content (AvgIpc) is 2.86. The van der Waals surface area contributed by atoms with Crippen molar-refractivity contribution in [3.63, 3.8) is 0 Å². The fourth-order valence-corrected chi connectivity index (χ4v) is 3.58. The first-order valence-corrected chi connectivity index (χ1v) is 7.45. The SMILES string of the molecule is NNC(c1cnc2ccccc2c1)c1ccc(Br)s1. The van der Waals surface area contributed by atoms with Crippen molar-refractivity contribution in [2.75, 3.05) is 0 Å². The van der Waals surface area contributed by atoms with E-state index in [-0.39, 0.29) is 6.04 Å². The number of hydrogen-bond acceptors (Lipinski definition) is 4. The van der Waals surface area contributed by atoms with E-state index < -0.39 is 0 Å². The number of nitrogens with one attached hydrogen (secondary N) is 1. The topological polar surface area (TPSA) is 50.9 Å². The van der Waals surface area contributed by atoms with Crippen LogP contribution in [0.2, 0.25) is 0 Å². The van der Waals surface area contributed by atoms with Gasteiger partial charge in [0, 0.05) is 16.5 Å². The van der Waals surface area contributed by atoms with Gasteiger partial charge in [-0.2, -0.15) is 0 Å². The van der Waals surface area contributed by atoms with Crippen molar-refractivity contribution < 1.29 is 0 Å². The summed E-state index contributed by atoms with van der Waals surface area (Å²) in [5.41, 5.74) is 4.92. The molecule has 3 rings (SSSR count). The molecule has 0 saturated heterocycles. The standard InChI is InChI=1S/C14H12BrN3S/c15-13-6-5-12(19-13)14(18-16)10-7-9-3-1-2-4-11(9)17-8-10/h1-8,14,18H,16H2. The Labute approximate surface area is 123 Å². The maximum absolute atomic E-state index is 5.70. The minimum atomic E-state index is -0.0339. The number of hydrogen-bond donors (Lipinski definition) is 2. The highest BCUT2D eigenvalue weighted by Gasteiger charge is 2.15. The van der Waals surface area contributed by atoms with Crippen LogP contribution in [0.15, 0.2) is 52.4 Å². The molecular weight excluding hydrogens is 322 g/mol. The van der Waals surface area contributed by atoms with Crippen molar-refractivity contribution in [2.45, 2.75) is 6.04 Å². The Morgan fingerprint density at radius 2 is 2.05 bits per heavy atom. The second kappa shape index (κ2) is 5.38. The van der Waals surface area contributed by atoms with Crippen molar-refractivity contribution in [3.8, 4) is 0 Å². The zero-order chi connectivity index (χ0) is 13.2. The van der Waals surface area contributed by atoms with E-state index in [0.29, 0.717) is 0 Å². The van der Waals surface area contributed by atoms with Crippen LogP contribution in [0.3, 0.4) is 0 Å². The quantitative estimate of drug-likeness (QED) is 0.568. The molecule has 3 nitrogen and oxygen atoms in total. The van der Waals surface area contributed by atoms with Gasteiger partial charge in [-0.25, -0.2) is 5.43 Å². The minimum absolute atomic E-state index is 0.0339. The number of para-hydroxylation sites is 1. The Hall–Kier alpha value is -1.27. The molecule has 0 amide bonds. The zero-order valence-corrected chi connectivity index (χ0v) is 12.4. The van der Waals surface area contributed by atoms with Crippen LogP contribution in [0, 0.1) is 0 Å². The van der Waals surface area contributed by atoms with Gasteiger partial charge in [-0.15, -0.1) is 11.3 Å². The summed E-state index contributed by atoms with van der Waals surface area (Å²) >= 11 is 5.14. The second-order valence-electron chi connectivity index (χ2n) is 4.20. The molecule has 0 aliphatic carbocycles. The third-order valence-corrected chi connectivity index (χ3v) is 4.68. The molecule has 3 N–H and O–H groups in total. The highest BCUT2D eigenvalue weighted by molar-refractivity contribution is 9.11. The number of thiophene rings is 1. The van der Waals surface area contributed by atoms with Gasteiger partial charge in [0.1, 0.15) is 0 Å². The van der Waals surface area contributed by atoms with E-state index in [9.17, 15) is 0 Å². The largest absolute Gasteiger partial charge is 0.271 e. The first-order valence-electron chi connectivity index (χ1n) is 5.84. The van der Waals surface area contributed by atoms with E-state index in [1.165, 1.54) is 0 Å². The van der Waals surface area contributed by atoms with Crippen LogP contribution < -0.4 is 11.3 Å². The minimum Gasteiger partial charge on any atom is -0.271 e. The predicted molar refractivity (Wildman–Crippen MR) is 82.9 cm³/mol. The Balaban J connectivity index is 2.06. The number of fused-ring (bicyclic) bond motifs is 1. The van der Waals surface area contributed by atoms with E-state index in [1.807, 2.05) is 30.5 Å². The Bertz CT molecular complexity index is 710. The first-order chi connectivity index (χ1) is 9.28. The maximum Gasteiger partial charge on any atom is 0.0817 e. The molecule has 0 radical (unpaired) electrons. The summed E-state index contributed by atoms with van der Waals surface area (Å²) < 4.78 is 1.09. The number of rotatable bonds is 3. The lowest BCUT2D eigenvalue weighted by Crippen LogP contribution is -2.28. The fraction of sp³-hybridized carbons (Fsp3) is 0.0714. The third-order valence-electron chi connectivity index (χ3n) is 2.99. The maximum atomic E-state index is 5.70. The van der Waals surface area contributed by atoms with Crippen molar-refractivity contribution in [3.05, 3.63) is 62.9 Å². The molecule has 96 valence electrons. The fourth-order valence-electron chi connectivity index (χ4n) is 2.07. The predicted octanol–water partition coefficient (Wildman–Crippen LogP) is 3.61. The lowest BCUT2D eigenvalue weighted by molar-refractivity contribution is 0.645. The van der Waals surface area contributed by atoms with E-state index in [4.69, 9.17) is 5.84 Å².